The zero-order chi connectivity index (χ0) is 7.47. The molecule has 3 rings (SSSR count). The van der Waals surface area contributed by atoms with Crippen LogP contribution in [0.15, 0.2) is 0 Å². The summed E-state index contributed by atoms with van der Waals surface area (Å²) < 4.78 is 0. The van der Waals surface area contributed by atoms with Gasteiger partial charge in [0.05, 0.1) is 0 Å². The molecule has 2 atom stereocenters. The Morgan fingerprint density at radius 2 is 1.82 bits per heavy atom. The molecule has 62 valence electrons. The van der Waals surface area contributed by atoms with E-state index in [1.807, 2.05) is 0 Å². The fourth-order valence-corrected chi connectivity index (χ4v) is 3.62. The van der Waals surface area contributed by atoms with E-state index in [1.165, 1.54) is 32.1 Å². The molecule has 0 amide bonds. The molecule has 3 fully saturated rings. The second kappa shape index (κ2) is 1.96. The predicted molar refractivity (Wildman–Crippen MR) is 46.7 cm³/mol. The maximum atomic E-state index is 6.09. The maximum Gasteiger partial charge on any atom is 0.0282 e. The van der Waals surface area contributed by atoms with Gasteiger partial charge in [-0.1, -0.05) is 0 Å². The molecule has 0 N–H and O–H groups in total. The molecule has 1 heteroatoms. The minimum absolute atomic E-state index is 0.634. The first-order valence-corrected chi connectivity index (χ1v) is 5.43. The summed E-state index contributed by atoms with van der Waals surface area (Å²) in [5, 5.41) is 0. The van der Waals surface area contributed by atoms with Crippen molar-refractivity contribution in [2.24, 2.45) is 23.2 Å². The van der Waals surface area contributed by atoms with Gasteiger partial charge in [0.25, 0.3) is 0 Å². The molecule has 0 aromatic heterocycles. The van der Waals surface area contributed by atoms with Crippen molar-refractivity contribution in [2.75, 3.05) is 5.88 Å². The number of hydrogen-bond acceptors (Lipinski definition) is 0. The quantitative estimate of drug-likeness (QED) is 0.559. The zero-order valence-electron chi connectivity index (χ0n) is 6.85. The highest BCUT2D eigenvalue weighted by Crippen LogP contribution is 2.66. The van der Waals surface area contributed by atoms with E-state index in [0.29, 0.717) is 5.41 Å². The Balaban J connectivity index is 1.79. The number of hydrogen-bond donors (Lipinski definition) is 0. The van der Waals surface area contributed by atoms with Crippen LogP contribution in [0.2, 0.25) is 0 Å². The molecule has 0 radical (unpaired) electrons. The third kappa shape index (κ3) is 0.884. The topological polar surface area (TPSA) is 0 Å². The van der Waals surface area contributed by atoms with Crippen LogP contribution in [0, 0.1) is 23.2 Å². The summed E-state index contributed by atoms with van der Waals surface area (Å²) in [6.45, 7) is 0. The second-order valence-corrected chi connectivity index (χ2v) is 5.20. The molecule has 0 aliphatic heterocycles. The molecule has 3 aliphatic rings. The molecule has 0 heterocycles. The summed E-state index contributed by atoms with van der Waals surface area (Å²) >= 11 is 6.09. The van der Waals surface area contributed by atoms with Gasteiger partial charge in [-0.15, -0.1) is 11.6 Å². The van der Waals surface area contributed by atoms with Crippen molar-refractivity contribution in [3.8, 4) is 0 Å². The van der Waals surface area contributed by atoms with Gasteiger partial charge < -0.3 is 0 Å². The molecule has 0 aromatic rings. The Bertz CT molecular complexity index is 173. The van der Waals surface area contributed by atoms with Gasteiger partial charge in [0.2, 0.25) is 0 Å². The Hall–Kier alpha value is 0.290. The van der Waals surface area contributed by atoms with E-state index < -0.39 is 0 Å². The standard InChI is InChI=1S/C10H15Cl/c11-6-10(9-1-2-9)4-7-3-8(7)5-10/h7-9H,1-6H2. The largest absolute Gasteiger partial charge is 0.126 e. The highest BCUT2D eigenvalue weighted by molar-refractivity contribution is 6.18. The Morgan fingerprint density at radius 3 is 2.27 bits per heavy atom. The van der Waals surface area contributed by atoms with Gasteiger partial charge in [-0.25, -0.2) is 0 Å². The van der Waals surface area contributed by atoms with Crippen LogP contribution in [0.25, 0.3) is 0 Å². The fraction of sp³-hybridized carbons (Fsp3) is 1.00. The van der Waals surface area contributed by atoms with Gasteiger partial charge in [-0.2, -0.15) is 0 Å². The minimum atomic E-state index is 0.634. The monoisotopic (exact) mass is 170 g/mol. The number of alkyl halides is 1. The van der Waals surface area contributed by atoms with Gasteiger partial charge >= 0.3 is 0 Å². The maximum absolute atomic E-state index is 6.09. The van der Waals surface area contributed by atoms with E-state index in [0.717, 1.165) is 23.6 Å². The second-order valence-electron chi connectivity index (χ2n) is 4.93. The molecule has 0 bridgehead atoms. The lowest BCUT2D eigenvalue weighted by Gasteiger charge is -2.28. The van der Waals surface area contributed by atoms with Crippen LogP contribution in [0.1, 0.15) is 32.1 Å². The van der Waals surface area contributed by atoms with E-state index in [9.17, 15) is 0 Å². The molecule has 0 saturated heterocycles. The van der Waals surface area contributed by atoms with Crippen molar-refractivity contribution in [3.05, 3.63) is 0 Å². The first kappa shape index (κ1) is 6.77. The highest BCUT2D eigenvalue weighted by Gasteiger charge is 2.58. The molecule has 0 aromatic carbocycles. The van der Waals surface area contributed by atoms with Crippen LogP contribution in [0.3, 0.4) is 0 Å². The van der Waals surface area contributed by atoms with Crippen LogP contribution in [0.5, 0.6) is 0 Å². The van der Waals surface area contributed by atoms with E-state index in [4.69, 9.17) is 11.6 Å². The fourth-order valence-electron chi connectivity index (χ4n) is 3.19. The van der Waals surface area contributed by atoms with Gasteiger partial charge in [-0.3, -0.25) is 0 Å². The number of rotatable bonds is 2. The summed E-state index contributed by atoms with van der Waals surface area (Å²) in [5.41, 5.74) is 0.634. The lowest BCUT2D eigenvalue weighted by atomic mass is 9.80. The van der Waals surface area contributed by atoms with Gasteiger partial charge in [0.1, 0.15) is 0 Å². The van der Waals surface area contributed by atoms with Crippen molar-refractivity contribution in [2.45, 2.75) is 32.1 Å². The van der Waals surface area contributed by atoms with Crippen molar-refractivity contribution in [1.29, 1.82) is 0 Å². The minimum Gasteiger partial charge on any atom is -0.126 e. The first-order valence-electron chi connectivity index (χ1n) is 4.90. The first-order chi connectivity index (χ1) is 5.34. The lowest BCUT2D eigenvalue weighted by molar-refractivity contribution is 0.257. The Labute approximate surface area is 73.3 Å². The van der Waals surface area contributed by atoms with E-state index in [1.54, 1.807) is 0 Å². The van der Waals surface area contributed by atoms with Gasteiger partial charge in [0, 0.05) is 5.88 Å². The Kier molecular flexibility index (Phi) is 1.21. The van der Waals surface area contributed by atoms with Crippen molar-refractivity contribution < 1.29 is 0 Å². The van der Waals surface area contributed by atoms with Gasteiger partial charge in [-0.05, 0) is 55.3 Å². The molecule has 3 saturated carbocycles. The smallest absolute Gasteiger partial charge is 0.0282 e. The Morgan fingerprint density at radius 1 is 1.18 bits per heavy atom. The number of halogens is 1. The van der Waals surface area contributed by atoms with Crippen LogP contribution >= 0.6 is 11.6 Å². The van der Waals surface area contributed by atoms with Gasteiger partial charge in [0.15, 0.2) is 0 Å². The van der Waals surface area contributed by atoms with E-state index in [-0.39, 0.29) is 0 Å². The molecule has 0 spiro atoms. The molecule has 3 aliphatic carbocycles. The average molecular weight is 171 g/mol. The van der Waals surface area contributed by atoms with Crippen LogP contribution < -0.4 is 0 Å². The van der Waals surface area contributed by atoms with E-state index in [2.05, 4.69) is 0 Å². The molecule has 2 unspecified atom stereocenters. The SMILES string of the molecule is ClCC1(C2CC2)CC2CC2C1. The third-order valence-electron chi connectivity index (χ3n) is 4.12. The van der Waals surface area contributed by atoms with Crippen LogP contribution in [0.4, 0.5) is 0 Å². The summed E-state index contributed by atoms with van der Waals surface area (Å²) in [5.74, 6) is 4.20. The normalized spacial score (nSPS) is 54.3. The summed E-state index contributed by atoms with van der Waals surface area (Å²) in [6, 6.07) is 0. The summed E-state index contributed by atoms with van der Waals surface area (Å²) in [7, 11) is 0. The van der Waals surface area contributed by atoms with E-state index >= 15 is 0 Å². The zero-order valence-corrected chi connectivity index (χ0v) is 7.61. The lowest BCUT2D eigenvalue weighted by Crippen LogP contribution is -2.23. The van der Waals surface area contributed by atoms with Crippen LogP contribution in [-0.2, 0) is 0 Å². The average Bonchev–Trinajstić information content (AvgIpc) is 2.90. The highest BCUT2D eigenvalue weighted by atomic mass is 35.5. The third-order valence-corrected chi connectivity index (χ3v) is 4.65. The van der Waals surface area contributed by atoms with Crippen LogP contribution in [-0.4, -0.2) is 5.88 Å². The molecule has 11 heavy (non-hydrogen) atoms. The summed E-state index contributed by atoms with van der Waals surface area (Å²) in [4.78, 5) is 0. The predicted octanol–water partition coefficient (Wildman–Crippen LogP) is 3.05. The molecular weight excluding hydrogens is 156 g/mol. The van der Waals surface area contributed by atoms with Crippen molar-refractivity contribution in [1.82, 2.24) is 0 Å². The molecular formula is C10H15Cl. The van der Waals surface area contributed by atoms with Crippen molar-refractivity contribution in [3.63, 3.8) is 0 Å². The number of fused-ring (bicyclic) bond motifs is 1. The van der Waals surface area contributed by atoms with Crippen molar-refractivity contribution >= 4 is 11.6 Å². The molecule has 0 nitrogen and oxygen atoms in total. The summed E-state index contributed by atoms with van der Waals surface area (Å²) in [6.07, 6.45) is 7.45.